The maximum atomic E-state index is 12.3. The fourth-order valence-electron chi connectivity index (χ4n) is 2.61. The van der Waals surface area contributed by atoms with Gasteiger partial charge < -0.3 is 10.3 Å². The number of nitrogens with zero attached hydrogens (tertiary/aromatic N) is 3. The lowest BCUT2D eigenvalue weighted by atomic mass is 10.2. The van der Waals surface area contributed by atoms with Crippen LogP contribution in [0.1, 0.15) is 22.7 Å². The van der Waals surface area contributed by atoms with E-state index < -0.39 is 0 Å². The number of aryl methyl sites for hydroxylation is 3. The molecule has 4 rings (SSSR count). The number of carbonyl (C=O) groups is 1. The van der Waals surface area contributed by atoms with E-state index in [-0.39, 0.29) is 17.9 Å². The van der Waals surface area contributed by atoms with Gasteiger partial charge in [-0.05, 0) is 30.9 Å². The monoisotopic (exact) mass is 417 g/mol. The first-order valence-electron chi connectivity index (χ1n) is 8.16. The molecule has 10 heteroatoms. The Morgan fingerprint density at radius 3 is 2.89 bits per heavy atom. The number of nitrogens with one attached hydrogen (secondary N) is 2. The first-order valence-corrected chi connectivity index (χ1v) is 10.7. The lowest BCUT2D eigenvalue weighted by Crippen LogP contribution is -2.16. The summed E-state index contributed by atoms with van der Waals surface area (Å²) in [5, 5.41) is 16.7. The van der Waals surface area contributed by atoms with E-state index in [1.165, 1.54) is 22.7 Å². The van der Waals surface area contributed by atoms with Crippen LogP contribution in [-0.2, 0) is 11.2 Å². The van der Waals surface area contributed by atoms with E-state index in [1.54, 1.807) is 11.3 Å². The number of anilines is 1. The van der Waals surface area contributed by atoms with E-state index in [4.69, 9.17) is 0 Å². The molecule has 0 saturated carbocycles. The largest absolute Gasteiger partial charge is 0.310 e. The minimum atomic E-state index is -0.190. The summed E-state index contributed by atoms with van der Waals surface area (Å²) in [4.78, 5) is 33.6. The number of thiophene rings is 2. The van der Waals surface area contributed by atoms with E-state index in [2.05, 4.69) is 25.5 Å². The van der Waals surface area contributed by atoms with Crippen LogP contribution >= 0.6 is 34.0 Å². The Balaban J connectivity index is 1.42. The quantitative estimate of drug-likeness (QED) is 0.515. The van der Waals surface area contributed by atoms with Crippen molar-refractivity contribution in [2.24, 2.45) is 0 Å². The van der Waals surface area contributed by atoms with Gasteiger partial charge in [-0.2, -0.15) is 11.3 Å². The minimum absolute atomic E-state index is 0.151. The van der Waals surface area contributed by atoms with Crippen LogP contribution in [0.25, 0.3) is 20.8 Å². The van der Waals surface area contributed by atoms with Crippen molar-refractivity contribution in [3.8, 4) is 10.6 Å². The van der Waals surface area contributed by atoms with Crippen LogP contribution in [0.5, 0.6) is 0 Å². The molecule has 0 spiro atoms. The highest BCUT2D eigenvalue weighted by atomic mass is 32.1. The standard InChI is InChI=1S/C17H15N5O2S3/c1-8-9(2)26-16-13(8)14(24)18-11(19-16)3-4-12(23)20-17-22-21-15(27-17)10-5-6-25-7-10/h5-7H,3-4H2,1-2H3,(H,18,19,24)(H,20,22,23). The van der Waals surface area contributed by atoms with Gasteiger partial charge in [-0.3, -0.25) is 9.59 Å². The summed E-state index contributed by atoms with van der Waals surface area (Å²) in [6, 6.07) is 1.96. The smallest absolute Gasteiger partial charge is 0.259 e. The summed E-state index contributed by atoms with van der Waals surface area (Å²) < 4.78 is 0. The Kier molecular flexibility index (Phi) is 4.85. The lowest BCUT2D eigenvalue weighted by Gasteiger charge is -2.02. The van der Waals surface area contributed by atoms with Crippen molar-refractivity contribution in [3.63, 3.8) is 0 Å². The number of fused-ring (bicyclic) bond motifs is 1. The Morgan fingerprint density at radius 2 is 2.11 bits per heavy atom. The lowest BCUT2D eigenvalue weighted by molar-refractivity contribution is -0.116. The molecule has 1 amide bonds. The molecule has 138 valence electrons. The van der Waals surface area contributed by atoms with Crippen LogP contribution in [0.2, 0.25) is 0 Å². The molecule has 4 aromatic heterocycles. The molecule has 4 aromatic rings. The Labute approximate surface area is 166 Å². The number of aromatic amines is 1. The Bertz CT molecular complexity index is 1170. The fourth-order valence-corrected chi connectivity index (χ4v) is 5.13. The van der Waals surface area contributed by atoms with Crippen LogP contribution < -0.4 is 10.9 Å². The van der Waals surface area contributed by atoms with Crippen molar-refractivity contribution in [2.45, 2.75) is 26.7 Å². The first-order chi connectivity index (χ1) is 13.0. The second-order valence-electron chi connectivity index (χ2n) is 5.95. The van der Waals surface area contributed by atoms with Gasteiger partial charge in [0, 0.05) is 28.7 Å². The van der Waals surface area contributed by atoms with E-state index in [0.29, 0.717) is 27.6 Å². The average Bonchev–Trinajstić information content (AvgIpc) is 3.35. The zero-order chi connectivity index (χ0) is 19.0. The highest BCUT2D eigenvalue weighted by Gasteiger charge is 2.14. The summed E-state index contributed by atoms with van der Waals surface area (Å²) >= 11 is 4.41. The first kappa shape index (κ1) is 18.0. The van der Waals surface area contributed by atoms with Gasteiger partial charge in [-0.15, -0.1) is 21.5 Å². The van der Waals surface area contributed by atoms with Gasteiger partial charge in [-0.25, -0.2) is 4.98 Å². The van der Waals surface area contributed by atoms with Crippen molar-refractivity contribution in [3.05, 3.63) is 43.4 Å². The number of H-pyrrole nitrogens is 1. The number of rotatable bonds is 5. The van der Waals surface area contributed by atoms with Crippen molar-refractivity contribution in [2.75, 3.05) is 5.32 Å². The number of hydrogen-bond donors (Lipinski definition) is 2. The Morgan fingerprint density at radius 1 is 1.26 bits per heavy atom. The molecular weight excluding hydrogens is 402 g/mol. The van der Waals surface area contributed by atoms with Gasteiger partial charge in [0.2, 0.25) is 11.0 Å². The molecule has 0 bridgehead atoms. The van der Waals surface area contributed by atoms with E-state index in [9.17, 15) is 9.59 Å². The summed E-state index contributed by atoms with van der Waals surface area (Å²) in [7, 11) is 0. The third-order valence-corrected chi connectivity index (χ3v) is 6.79. The average molecular weight is 418 g/mol. The van der Waals surface area contributed by atoms with Crippen molar-refractivity contribution < 1.29 is 4.79 Å². The second-order valence-corrected chi connectivity index (χ2v) is 8.91. The molecule has 0 aliphatic heterocycles. The van der Waals surface area contributed by atoms with Crippen LogP contribution in [0.4, 0.5) is 5.13 Å². The second kappa shape index (κ2) is 7.29. The SMILES string of the molecule is Cc1sc2nc(CCC(=O)Nc3nnc(-c4ccsc4)s3)[nH]c(=O)c2c1C. The summed E-state index contributed by atoms with van der Waals surface area (Å²) in [5.74, 6) is 0.324. The predicted molar refractivity (Wildman–Crippen MR) is 110 cm³/mol. The van der Waals surface area contributed by atoms with Gasteiger partial charge in [0.1, 0.15) is 15.7 Å². The fraction of sp³-hybridized carbons (Fsp3) is 0.235. The third kappa shape index (κ3) is 3.68. The van der Waals surface area contributed by atoms with Gasteiger partial charge in [0.15, 0.2) is 0 Å². The maximum absolute atomic E-state index is 12.3. The van der Waals surface area contributed by atoms with Crippen LogP contribution in [0, 0.1) is 13.8 Å². The van der Waals surface area contributed by atoms with Crippen molar-refractivity contribution >= 4 is 55.3 Å². The molecule has 4 heterocycles. The predicted octanol–water partition coefficient (Wildman–Crippen LogP) is 3.75. The molecule has 0 radical (unpaired) electrons. The maximum Gasteiger partial charge on any atom is 0.259 e. The minimum Gasteiger partial charge on any atom is -0.310 e. The van der Waals surface area contributed by atoms with Gasteiger partial charge in [0.25, 0.3) is 5.56 Å². The molecule has 0 aromatic carbocycles. The molecular formula is C17H15N5O2S3. The normalized spacial score (nSPS) is 11.2. The summed E-state index contributed by atoms with van der Waals surface area (Å²) in [6.45, 7) is 3.89. The zero-order valence-corrected chi connectivity index (χ0v) is 17.0. The topological polar surface area (TPSA) is 101 Å². The molecule has 27 heavy (non-hydrogen) atoms. The number of aromatic nitrogens is 4. The third-order valence-electron chi connectivity index (χ3n) is 4.12. The highest BCUT2D eigenvalue weighted by Crippen LogP contribution is 2.28. The molecule has 0 aliphatic carbocycles. The van der Waals surface area contributed by atoms with Crippen LogP contribution in [-0.4, -0.2) is 26.1 Å². The number of carbonyl (C=O) groups excluding carboxylic acids is 1. The van der Waals surface area contributed by atoms with Crippen LogP contribution in [0.3, 0.4) is 0 Å². The molecule has 0 fully saturated rings. The van der Waals surface area contributed by atoms with E-state index in [1.807, 2.05) is 30.7 Å². The molecule has 2 N–H and O–H groups in total. The molecule has 7 nitrogen and oxygen atoms in total. The number of amides is 1. The number of hydrogen-bond acceptors (Lipinski definition) is 8. The molecule has 0 atom stereocenters. The van der Waals surface area contributed by atoms with Gasteiger partial charge >= 0.3 is 0 Å². The highest BCUT2D eigenvalue weighted by molar-refractivity contribution is 7.19. The van der Waals surface area contributed by atoms with Crippen molar-refractivity contribution in [1.82, 2.24) is 20.2 Å². The van der Waals surface area contributed by atoms with E-state index in [0.717, 1.165) is 21.0 Å². The molecule has 0 saturated heterocycles. The molecule has 0 aliphatic rings. The zero-order valence-electron chi connectivity index (χ0n) is 14.5. The summed E-state index contributed by atoms with van der Waals surface area (Å²) in [6.07, 6.45) is 0.550. The molecule has 0 unspecified atom stereocenters. The van der Waals surface area contributed by atoms with Crippen LogP contribution in [0.15, 0.2) is 21.6 Å². The van der Waals surface area contributed by atoms with Crippen molar-refractivity contribution in [1.29, 1.82) is 0 Å². The van der Waals surface area contributed by atoms with Gasteiger partial charge in [-0.1, -0.05) is 11.3 Å². The summed E-state index contributed by atoms with van der Waals surface area (Å²) in [5.41, 5.74) is 1.81. The Hall–Kier alpha value is -2.43. The van der Waals surface area contributed by atoms with E-state index >= 15 is 0 Å². The van der Waals surface area contributed by atoms with Gasteiger partial charge in [0.05, 0.1) is 5.39 Å².